The van der Waals surface area contributed by atoms with Crippen molar-refractivity contribution >= 4 is 17.6 Å². The number of carboxylic acid groups (broad SMARTS) is 1. The maximum absolute atomic E-state index is 11.5. The van der Waals surface area contributed by atoms with Gasteiger partial charge >= 0.3 is 11.9 Å². The molecular weight excluding hydrogens is 210 g/mol. The first-order valence-electron chi connectivity index (χ1n) is 4.78. The topological polar surface area (TPSA) is 75.6 Å². The number of carbonyl (C=O) groups is 2. The molecule has 1 aliphatic rings. The fourth-order valence-electron chi connectivity index (χ4n) is 1.46. The van der Waals surface area contributed by atoms with Crippen LogP contribution in [0.2, 0.25) is 0 Å². The van der Waals surface area contributed by atoms with E-state index < -0.39 is 17.5 Å². The molecule has 0 amide bonds. The molecule has 0 saturated heterocycles. The fraction of sp³-hybridized carbons (Fsp3) is 0.273. The van der Waals surface area contributed by atoms with Gasteiger partial charge in [0.25, 0.3) is 0 Å². The van der Waals surface area contributed by atoms with Crippen LogP contribution in [0.1, 0.15) is 24.2 Å². The van der Waals surface area contributed by atoms with E-state index in [2.05, 4.69) is 5.32 Å². The average molecular weight is 221 g/mol. The molecule has 16 heavy (non-hydrogen) atoms. The van der Waals surface area contributed by atoms with Gasteiger partial charge in [-0.05, 0) is 32.0 Å². The minimum atomic E-state index is -1.05. The van der Waals surface area contributed by atoms with Gasteiger partial charge in [0, 0.05) is 0 Å². The van der Waals surface area contributed by atoms with E-state index in [9.17, 15) is 9.59 Å². The summed E-state index contributed by atoms with van der Waals surface area (Å²) in [5, 5.41) is 11.8. The van der Waals surface area contributed by atoms with Crippen molar-refractivity contribution in [3.63, 3.8) is 0 Å². The summed E-state index contributed by atoms with van der Waals surface area (Å²) in [5.74, 6) is -1.23. The maximum Gasteiger partial charge on any atom is 0.336 e. The van der Waals surface area contributed by atoms with Gasteiger partial charge in [-0.3, -0.25) is 0 Å². The summed E-state index contributed by atoms with van der Waals surface area (Å²) in [6.07, 6.45) is 0. The van der Waals surface area contributed by atoms with Crippen LogP contribution < -0.4 is 10.1 Å². The zero-order valence-corrected chi connectivity index (χ0v) is 8.90. The number of aromatic carboxylic acids is 1. The van der Waals surface area contributed by atoms with Gasteiger partial charge in [0.05, 0.1) is 11.3 Å². The van der Waals surface area contributed by atoms with Gasteiger partial charge in [-0.2, -0.15) is 0 Å². The standard InChI is InChI=1S/C11H11NO4/c1-11(2)10(15)16-8-5-6(9(13)14)3-4-7(8)12-11/h3-5,12H,1-2H3,(H,13,14). The predicted octanol–water partition coefficient (Wildman–Crippen LogP) is 1.49. The largest absolute Gasteiger partial charge is 0.478 e. The van der Waals surface area contributed by atoms with E-state index in [0.717, 1.165) is 0 Å². The molecule has 0 fully saturated rings. The van der Waals surface area contributed by atoms with Gasteiger partial charge in [0.2, 0.25) is 0 Å². The van der Waals surface area contributed by atoms with Gasteiger partial charge < -0.3 is 15.2 Å². The molecule has 1 aromatic carbocycles. The summed E-state index contributed by atoms with van der Waals surface area (Å²) < 4.78 is 5.07. The Bertz CT molecular complexity index is 479. The summed E-state index contributed by atoms with van der Waals surface area (Å²) in [4.78, 5) is 22.3. The number of hydrogen-bond acceptors (Lipinski definition) is 4. The minimum absolute atomic E-state index is 0.0908. The molecule has 2 rings (SSSR count). The predicted molar refractivity (Wildman–Crippen MR) is 56.7 cm³/mol. The van der Waals surface area contributed by atoms with E-state index in [-0.39, 0.29) is 11.3 Å². The van der Waals surface area contributed by atoms with Crippen molar-refractivity contribution in [3.05, 3.63) is 23.8 Å². The first kappa shape index (κ1) is 10.5. The molecule has 1 aromatic rings. The Morgan fingerprint density at radius 1 is 1.44 bits per heavy atom. The first-order valence-corrected chi connectivity index (χ1v) is 4.78. The number of hydrogen-bond donors (Lipinski definition) is 2. The van der Waals surface area contributed by atoms with E-state index >= 15 is 0 Å². The number of carbonyl (C=O) groups excluding carboxylic acids is 1. The highest BCUT2D eigenvalue weighted by Gasteiger charge is 2.35. The van der Waals surface area contributed by atoms with Crippen molar-refractivity contribution in [2.45, 2.75) is 19.4 Å². The number of carboxylic acids is 1. The van der Waals surface area contributed by atoms with Crippen LogP contribution in [0.15, 0.2) is 18.2 Å². The second kappa shape index (κ2) is 3.23. The highest BCUT2D eigenvalue weighted by Crippen LogP contribution is 2.33. The van der Waals surface area contributed by atoms with Crippen LogP contribution in [0.4, 0.5) is 5.69 Å². The quantitative estimate of drug-likeness (QED) is 0.555. The lowest BCUT2D eigenvalue weighted by atomic mass is 10.0. The Morgan fingerprint density at radius 3 is 2.75 bits per heavy atom. The molecule has 0 atom stereocenters. The fourth-order valence-corrected chi connectivity index (χ4v) is 1.46. The number of nitrogens with one attached hydrogen (secondary N) is 1. The number of ether oxygens (including phenoxy) is 1. The monoisotopic (exact) mass is 221 g/mol. The third-order valence-electron chi connectivity index (χ3n) is 2.39. The highest BCUT2D eigenvalue weighted by molar-refractivity contribution is 5.93. The number of anilines is 1. The molecule has 84 valence electrons. The maximum atomic E-state index is 11.5. The third-order valence-corrected chi connectivity index (χ3v) is 2.39. The SMILES string of the molecule is CC1(C)Nc2ccc(C(=O)O)cc2OC1=O. The van der Waals surface area contributed by atoms with Gasteiger partial charge in [-0.15, -0.1) is 0 Å². The van der Waals surface area contributed by atoms with Gasteiger partial charge in [0.15, 0.2) is 5.75 Å². The van der Waals surface area contributed by atoms with Crippen LogP contribution >= 0.6 is 0 Å². The second-order valence-electron chi connectivity index (χ2n) is 4.16. The first-order chi connectivity index (χ1) is 7.40. The Morgan fingerprint density at radius 2 is 2.12 bits per heavy atom. The second-order valence-corrected chi connectivity index (χ2v) is 4.16. The molecule has 1 heterocycles. The lowest BCUT2D eigenvalue weighted by molar-refractivity contribution is -0.139. The Kier molecular flexibility index (Phi) is 2.11. The van der Waals surface area contributed by atoms with Crippen molar-refractivity contribution in [2.75, 3.05) is 5.32 Å². The number of esters is 1. The van der Waals surface area contributed by atoms with Gasteiger partial charge in [0.1, 0.15) is 5.54 Å². The van der Waals surface area contributed by atoms with Gasteiger partial charge in [-0.1, -0.05) is 0 Å². The van der Waals surface area contributed by atoms with Crippen LogP contribution in [0, 0.1) is 0 Å². The molecule has 0 aromatic heterocycles. The van der Waals surface area contributed by atoms with Crippen molar-refractivity contribution in [1.82, 2.24) is 0 Å². The molecular formula is C11H11NO4. The molecule has 1 aliphatic heterocycles. The summed E-state index contributed by atoms with van der Waals surface area (Å²) in [6, 6.07) is 4.38. The molecule has 5 heteroatoms. The normalized spacial score (nSPS) is 17.0. The zero-order valence-electron chi connectivity index (χ0n) is 8.90. The molecule has 2 N–H and O–H groups in total. The smallest absolute Gasteiger partial charge is 0.336 e. The molecule has 0 spiro atoms. The Labute approximate surface area is 92.0 Å². The number of fused-ring (bicyclic) bond motifs is 1. The molecule has 5 nitrogen and oxygen atoms in total. The van der Waals surface area contributed by atoms with E-state index in [1.165, 1.54) is 12.1 Å². The van der Waals surface area contributed by atoms with Crippen LogP contribution in [0.3, 0.4) is 0 Å². The van der Waals surface area contributed by atoms with Gasteiger partial charge in [-0.25, -0.2) is 9.59 Å². The van der Waals surface area contributed by atoms with Crippen molar-refractivity contribution < 1.29 is 19.4 Å². The molecule has 0 unspecified atom stereocenters. The van der Waals surface area contributed by atoms with Crippen LogP contribution in [-0.2, 0) is 4.79 Å². The van der Waals surface area contributed by atoms with E-state index in [4.69, 9.17) is 9.84 Å². The van der Waals surface area contributed by atoms with Crippen molar-refractivity contribution in [3.8, 4) is 5.75 Å². The van der Waals surface area contributed by atoms with E-state index in [1.54, 1.807) is 19.9 Å². The minimum Gasteiger partial charge on any atom is -0.478 e. The van der Waals surface area contributed by atoms with Crippen molar-refractivity contribution in [1.29, 1.82) is 0 Å². The van der Waals surface area contributed by atoms with Crippen LogP contribution in [0.25, 0.3) is 0 Å². The summed E-state index contributed by atoms with van der Waals surface area (Å²) >= 11 is 0. The van der Waals surface area contributed by atoms with Crippen LogP contribution in [0.5, 0.6) is 5.75 Å². The summed E-state index contributed by atoms with van der Waals surface area (Å²) in [6.45, 7) is 3.40. The molecule has 0 aliphatic carbocycles. The summed E-state index contributed by atoms with van der Waals surface area (Å²) in [5.41, 5.74) is -0.0831. The van der Waals surface area contributed by atoms with Crippen LogP contribution in [-0.4, -0.2) is 22.6 Å². The zero-order chi connectivity index (χ0) is 11.9. The summed E-state index contributed by atoms with van der Waals surface area (Å²) in [7, 11) is 0. The molecule has 0 bridgehead atoms. The molecule has 0 radical (unpaired) electrons. The lowest BCUT2D eigenvalue weighted by Crippen LogP contribution is -2.46. The van der Waals surface area contributed by atoms with Crippen molar-refractivity contribution in [2.24, 2.45) is 0 Å². The lowest BCUT2D eigenvalue weighted by Gasteiger charge is -2.31. The van der Waals surface area contributed by atoms with E-state index in [1.807, 2.05) is 0 Å². The van der Waals surface area contributed by atoms with E-state index in [0.29, 0.717) is 5.69 Å². The molecule has 0 saturated carbocycles. The number of rotatable bonds is 1. The number of benzene rings is 1. The Hall–Kier alpha value is -2.04. The highest BCUT2D eigenvalue weighted by atomic mass is 16.5. The average Bonchev–Trinajstić information content (AvgIpc) is 2.18. The third kappa shape index (κ3) is 1.60. The Balaban J connectivity index is 2.44.